The van der Waals surface area contributed by atoms with Gasteiger partial charge in [0.05, 0.1) is 0 Å². The predicted molar refractivity (Wildman–Crippen MR) is 50.4 cm³/mol. The summed E-state index contributed by atoms with van der Waals surface area (Å²) in [6.07, 6.45) is -1.19. The molecule has 86 valence electrons. The minimum atomic E-state index is -3.36. The number of nitrogens with one attached hydrogen (secondary N) is 1. The summed E-state index contributed by atoms with van der Waals surface area (Å²) in [7, 11) is 0. The summed E-state index contributed by atoms with van der Waals surface area (Å²) in [5.41, 5.74) is 0. The van der Waals surface area contributed by atoms with Crippen molar-refractivity contribution in [2.75, 3.05) is 19.7 Å². The molecule has 0 bridgehead atoms. The molecule has 0 aliphatic carbocycles. The molecule has 2 unspecified atom stereocenters. The first-order valence-electron chi connectivity index (χ1n) is 4.95. The molecule has 1 saturated heterocycles. The van der Waals surface area contributed by atoms with Crippen LogP contribution in [0, 0.1) is 5.92 Å². The van der Waals surface area contributed by atoms with Gasteiger partial charge in [0.1, 0.15) is 12.7 Å². The van der Waals surface area contributed by atoms with E-state index in [1.54, 1.807) is 0 Å². The Labute approximate surface area is 83.1 Å². The Balaban J connectivity index is 0.000000791. The predicted octanol–water partition coefficient (Wildman–Crippen LogP) is 0.611. The Kier molecular flexibility index (Phi) is 6.15. The van der Waals surface area contributed by atoms with Crippen molar-refractivity contribution in [3.63, 3.8) is 0 Å². The highest BCUT2D eigenvalue weighted by molar-refractivity contribution is 4.86. The lowest BCUT2D eigenvalue weighted by Crippen LogP contribution is -2.43. The van der Waals surface area contributed by atoms with Gasteiger partial charge < -0.3 is 15.5 Å². The van der Waals surface area contributed by atoms with Crippen molar-refractivity contribution >= 4 is 0 Å². The Morgan fingerprint density at radius 1 is 1.50 bits per heavy atom. The molecule has 0 amide bonds. The van der Waals surface area contributed by atoms with E-state index in [1.165, 1.54) is 0 Å². The molecule has 1 rings (SSSR count). The first-order chi connectivity index (χ1) is 6.58. The normalized spacial score (nSPS) is 24.0. The molecular weight excluding hydrogens is 192 g/mol. The standard InChI is InChI=1S/C7H13F2NO2.C2H6/c8-7(9,4-11)6(12)5-1-2-10-3-5;1-2/h5-6,10-12H,1-4H2;1-2H3. The van der Waals surface area contributed by atoms with Gasteiger partial charge in [0.15, 0.2) is 0 Å². The third kappa shape index (κ3) is 3.48. The number of halogens is 2. The number of aliphatic hydroxyl groups is 2. The topological polar surface area (TPSA) is 52.5 Å². The largest absolute Gasteiger partial charge is 0.390 e. The van der Waals surface area contributed by atoms with Gasteiger partial charge in [-0.3, -0.25) is 0 Å². The maximum atomic E-state index is 12.7. The van der Waals surface area contributed by atoms with Gasteiger partial charge in [0, 0.05) is 12.5 Å². The molecule has 0 radical (unpaired) electrons. The summed E-state index contributed by atoms with van der Waals surface area (Å²) in [5.74, 6) is -3.80. The maximum Gasteiger partial charge on any atom is 0.296 e. The van der Waals surface area contributed by atoms with Crippen LogP contribution < -0.4 is 5.32 Å². The molecule has 3 N–H and O–H groups in total. The van der Waals surface area contributed by atoms with Gasteiger partial charge in [-0.15, -0.1) is 0 Å². The van der Waals surface area contributed by atoms with Crippen LogP contribution in [0.2, 0.25) is 0 Å². The van der Waals surface area contributed by atoms with Gasteiger partial charge in [-0.1, -0.05) is 13.8 Å². The SMILES string of the molecule is CC.OCC(F)(F)C(O)C1CCNC1. The van der Waals surface area contributed by atoms with Crippen LogP contribution in [0.25, 0.3) is 0 Å². The zero-order valence-corrected chi connectivity index (χ0v) is 8.63. The average Bonchev–Trinajstić information content (AvgIpc) is 2.72. The fourth-order valence-electron chi connectivity index (χ4n) is 1.38. The lowest BCUT2D eigenvalue weighted by molar-refractivity contribution is -0.153. The monoisotopic (exact) mass is 211 g/mol. The molecule has 0 spiro atoms. The Morgan fingerprint density at radius 3 is 2.43 bits per heavy atom. The van der Waals surface area contributed by atoms with E-state index in [0.29, 0.717) is 19.5 Å². The molecule has 1 aliphatic rings. The summed E-state index contributed by atoms with van der Waals surface area (Å²) in [6, 6.07) is 0. The third-order valence-corrected chi connectivity index (χ3v) is 2.19. The van der Waals surface area contributed by atoms with Crippen LogP contribution in [0.4, 0.5) is 8.78 Å². The number of hydrogen-bond acceptors (Lipinski definition) is 3. The fraction of sp³-hybridized carbons (Fsp3) is 1.00. The van der Waals surface area contributed by atoms with Gasteiger partial charge >= 0.3 is 0 Å². The van der Waals surface area contributed by atoms with Crippen LogP contribution in [-0.2, 0) is 0 Å². The summed E-state index contributed by atoms with van der Waals surface area (Å²) in [6.45, 7) is 3.77. The molecule has 0 saturated carbocycles. The molecule has 0 aromatic carbocycles. The molecule has 1 fully saturated rings. The van der Waals surface area contributed by atoms with Crippen LogP contribution in [0.15, 0.2) is 0 Å². The van der Waals surface area contributed by atoms with Crippen molar-refractivity contribution in [3.8, 4) is 0 Å². The first kappa shape index (κ1) is 13.7. The zero-order valence-electron chi connectivity index (χ0n) is 8.63. The molecule has 5 heteroatoms. The fourth-order valence-corrected chi connectivity index (χ4v) is 1.38. The van der Waals surface area contributed by atoms with Gasteiger partial charge in [-0.2, -0.15) is 0 Å². The van der Waals surface area contributed by atoms with E-state index in [-0.39, 0.29) is 0 Å². The Morgan fingerprint density at radius 2 is 2.07 bits per heavy atom. The van der Waals surface area contributed by atoms with Crippen LogP contribution in [0.5, 0.6) is 0 Å². The smallest absolute Gasteiger partial charge is 0.296 e. The highest BCUT2D eigenvalue weighted by Gasteiger charge is 2.43. The number of alkyl halides is 2. The number of rotatable bonds is 3. The lowest BCUT2D eigenvalue weighted by Gasteiger charge is -2.24. The van der Waals surface area contributed by atoms with Crippen LogP contribution in [-0.4, -0.2) is 41.9 Å². The van der Waals surface area contributed by atoms with E-state index in [2.05, 4.69) is 5.32 Å². The minimum Gasteiger partial charge on any atom is -0.390 e. The summed E-state index contributed by atoms with van der Waals surface area (Å²) >= 11 is 0. The highest BCUT2D eigenvalue weighted by atomic mass is 19.3. The zero-order chi connectivity index (χ0) is 11.2. The van der Waals surface area contributed by atoms with Gasteiger partial charge in [-0.05, 0) is 13.0 Å². The number of aliphatic hydroxyl groups excluding tert-OH is 2. The average molecular weight is 211 g/mol. The molecule has 1 heterocycles. The molecule has 0 aromatic heterocycles. The van der Waals surface area contributed by atoms with Crippen LogP contribution in [0.3, 0.4) is 0 Å². The van der Waals surface area contributed by atoms with Gasteiger partial charge in [-0.25, -0.2) is 8.78 Å². The van der Waals surface area contributed by atoms with E-state index >= 15 is 0 Å². The molecule has 1 aliphatic heterocycles. The molecule has 0 aromatic rings. The van der Waals surface area contributed by atoms with E-state index in [4.69, 9.17) is 10.2 Å². The quantitative estimate of drug-likeness (QED) is 0.641. The summed E-state index contributed by atoms with van der Waals surface area (Å²) < 4.78 is 25.3. The Bertz CT molecular complexity index is 150. The van der Waals surface area contributed by atoms with E-state index in [9.17, 15) is 8.78 Å². The minimum absolute atomic E-state index is 0.400. The number of hydrogen-bond donors (Lipinski definition) is 3. The second-order valence-electron chi connectivity index (χ2n) is 3.12. The molecule has 14 heavy (non-hydrogen) atoms. The van der Waals surface area contributed by atoms with Crippen molar-refractivity contribution in [3.05, 3.63) is 0 Å². The molecule has 3 nitrogen and oxygen atoms in total. The van der Waals surface area contributed by atoms with Crippen molar-refractivity contribution < 1.29 is 19.0 Å². The summed E-state index contributed by atoms with van der Waals surface area (Å²) in [5, 5.41) is 20.3. The van der Waals surface area contributed by atoms with Gasteiger partial charge in [0.25, 0.3) is 5.92 Å². The van der Waals surface area contributed by atoms with Crippen molar-refractivity contribution in [2.24, 2.45) is 5.92 Å². The highest BCUT2D eigenvalue weighted by Crippen LogP contribution is 2.26. The second kappa shape index (κ2) is 6.27. The van der Waals surface area contributed by atoms with Crippen LogP contribution >= 0.6 is 0 Å². The van der Waals surface area contributed by atoms with E-state index < -0.39 is 24.6 Å². The van der Waals surface area contributed by atoms with Crippen molar-refractivity contribution in [1.82, 2.24) is 5.32 Å². The molecule has 2 atom stereocenters. The summed E-state index contributed by atoms with van der Waals surface area (Å²) in [4.78, 5) is 0. The molecular formula is C9H19F2NO2. The van der Waals surface area contributed by atoms with E-state index in [0.717, 1.165) is 0 Å². The second-order valence-corrected chi connectivity index (χ2v) is 3.12. The first-order valence-corrected chi connectivity index (χ1v) is 4.95. The van der Waals surface area contributed by atoms with Crippen molar-refractivity contribution in [1.29, 1.82) is 0 Å². The van der Waals surface area contributed by atoms with E-state index in [1.807, 2.05) is 13.8 Å². The van der Waals surface area contributed by atoms with Gasteiger partial charge in [0.2, 0.25) is 0 Å². The van der Waals surface area contributed by atoms with Crippen molar-refractivity contribution in [2.45, 2.75) is 32.3 Å². The Hall–Kier alpha value is -0.260. The third-order valence-electron chi connectivity index (χ3n) is 2.19. The lowest BCUT2D eigenvalue weighted by atomic mass is 9.97. The maximum absolute atomic E-state index is 12.7. The van der Waals surface area contributed by atoms with Crippen LogP contribution in [0.1, 0.15) is 20.3 Å².